The maximum Gasteiger partial charge on any atom is 0.152 e. The van der Waals surface area contributed by atoms with Crippen molar-refractivity contribution in [3.63, 3.8) is 0 Å². The zero-order chi connectivity index (χ0) is 92.2. The van der Waals surface area contributed by atoms with E-state index < -0.39 is 0 Å². The van der Waals surface area contributed by atoms with Gasteiger partial charge < -0.3 is 38.7 Å². The predicted molar refractivity (Wildman–Crippen MR) is 576 cm³/mol. The van der Waals surface area contributed by atoms with E-state index in [0.29, 0.717) is 0 Å². The molecular weight excluding hydrogens is 1680 g/mol. The summed E-state index contributed by atoms with van der Waals surface area (Å²) in [5, 5.41) is 9.57. The summed E-state index contributed by atoms with van der Waals surface area (Å²) in [5.74, 6) is 5.16. The fourth-order valence-electron chi connectivity index (χ4n) is 18.9. The van der Waals surface area contributed by atoms with Crippen LogP contribution in [0.3, 0.4) is 0 Å². The van der Waals surface area contributed by atoms with Gasteiger partial charge in [0.1, 0.15) is 0 Å². The molecule has 0 saturated heterocycles. The summed E-state index contributed by atoms with van der Waals surface area (Å²) in [5.41, 5.74) is 30.0. The summed E-state index contributed by atoms with van der Waals surface area (Å²) < 4.78 is 19.3. The summed E-state index contributed by atoms with van der Waals surface area (Å²) in [7, 11) is 0. The Labute approximate surface area is 803 Å². The van der Waals surface area contributed by atoms with Gasteiger partial charge >= 0.3 is 0 Å². The van der Waals surface area contributed by atoms with Crippen LogP contribution in [-0.4, -0.2) is 4.98 Å². The minimum absolute atomic E-state index is 0.840. The molecule has 9 nitrogen and oxygen atoms in total. The van der Waals surface area contributed by atoms with Gasteiger partial charge in [-0.3, -0.25) is 0 Å². The maximum absolute atomic E-state index is 6.77. The van der Waals surface area contributed by atoms with E-state index in [0.717, 1.165) is 164 Å². The fourth-order valence-corrected chi connectivity index (χ4v) is 18.9. The molecule has 0 bridgehead atoms. The largest absolute Gasteiger partial charge is 0.453 e. The molecule has 0 spiro atoms. The lowest BCUT2D eigenvalue weighted by Gasteiger charge is -2.33. The lowest BCUT2D eigenvalue weighted by Crippen LogP contribution is -2.16. The van der Waals surface area contributed by atoms with Crippen molar-refractivity contribution >= 4 is 139 Å². The number of hydrogen-bond donors (Lipinski definition) is 0. The van der Waals surface area contributed by atoms with Crippen LogP contribution in [0.4, 0.5) is 85.3 Å². The number of nitrogens with zero attached hydrogens (tertiary/aromatic N) is 6. The molecule has 4 heterocycles. The van der Waals surface area contributed by atoms with E-state index in [9.17, 15) is 0 Å². The number of aryl methyl sites for hydroxylation is 2. The monoisotopic (exact) mass is 1770 g/mol. The molecule has 22 aromatic carbocycles. The van der Waals surface area contributed by atoms with Crippen molar-refractivity contribution in [3.8, 4) is 79.0 Å². The van der Waals surface area contributed by atoms with Gasteiger partial charge in [0.15, 0.2) is 34.5 Å². The Hall–Kier alpha value is -18.3. The molecule has 9 heteroatoms. The average Bonchev–Trinajstić information content (AvgIpc) is 0.748. The van der Waals surface area contributed by atoms with Crippen molar-refractivity contribution in [1.82, 2.24) is 4.98 Å². The summed E-state index contributed by atoms with van der Waals surface area (Å²) in [6.07, 6.45) is 0. The summed E-state index contributed by atoms with van der Waals surface area (Å²) in [6, 6.07) is 183. The highest BCUT2D eigenvalue weighted by molar-refractivity contribution is 6.00. The molecule has 3 aliphatic heterocycles. The molecule has 3 aliphatic rings. The van der Waals surface area contributed by atoms with Crippen LogP contribution in [0.1, 0.15) is 11.1 Å². The molecular formula is C129H92N6O3. The molecule has 26 rings (SSSR count). The van der Waals surface area contributed by atoms with Crippen LogP contribution in [0, 0.1) is 13.8 Å². The van der Waals surface area contributed by atoms with Crippen molar-refractivity contribution < 1.29 is 14.2 Å². The van der Waals surface area contributed by atoms with Crippen LogP contribution in [0.5, 0.6) is 34.5 Å². The highest BCUT2D eigenvalue weighted by Crippen LogP contribution is 2.56. The number of anilines is 15. The van der Waals surface area contributed by atoms with Crippen molar-refractivity contribution in [2.75, 3.05) is 24.5 Å². The van der Waals surface area contributed by atoms with E-state index >= 15 is 0 Å². The first-order valence-electron chi connectivity index (χ1n) is 46.7. The normalized spacial score (nSPS) is 11.8. The Balaban J connectivity index is 0.000000105. The number of rotatable bonds is 13. The topological polar surface area (TPSA) is 56.8 Å². The Morgan fingerprint density at radius 1 is 0.167 bits per heavy atom. The van der Waals surface area contributed by atoms with Gasteiger partial charge in [-0.1, -0.05) is 321 Å². The smallest absolute Gasteiger partial charge is 0.152 e. The van der Waals surface area contributed by atoms with Crippen molar-refractivity contribution in [2.24, 2.45) is 0 Å². The van der Waals surface area contributed by atoms with Crippen LogP contribution in [0.25, 0.3) is 98.6 Å². The first kappa shape index (κ1) is 84.0. The zero-order valence-electron chi connectivity index (χ0n) is 76.1. The number of aromatic nitrogens is 1. The van der Waals surface area contributed by atoms with Gasteiger partial charge in [0.25, 0.3) is 0 Å². The molecule has 23 aromatic rings. The second-order valence-electron chi connectivity index (χ2n) is 34.8. The Morgan fingerprint density at radius 3 is 0.804 bits per heavy atom. The minimum atomic E-state index is 0.840. The van der Waals surface area contributed by atoms with Gasteiger partial charge in [-0.05, 0) is 303 Å². The van der Waals surface area contributed by atoms with Crippen LogP contribution < -0.4 is 38.7 Å². The molecule has 1 aromatic heterocycles. The van der Waals surface area contributed by atoms with Gasteiger partial charge in [0, 0.05) is 62.0 Å². The number of pyridine rings is 1. The average molecular weight is 1770 g/mol. The first-order chi connectivity index (χ1) is 68.2. The van der Waals surface area contributed by atoms with Crippen molar-refractivity contribution in [3.05, 3.63) is 533 Å². The molecule has 0 unspecified atom stereocenters. The van der Waals surface area contributed by atoms with Crippen LogP contribution in [0.2, 0.25) is 0 Å². The molecule has 656 valence electrons. The van der Waals surface area contributed by atoms with E-state index in [1.807, 2.05) is 48.5 Å². The van der Waals surface area contributed by atoms with Gasteiger partial charge in [-0.2, -0.15) is 0 Å². The molecule has 0 N–H and O–H groups in total. The minimum Gasteiger partial charge on any atom is -0.453 e. The third-order valence-corrected chi connectivity index (χ3v) is 25.8. The summed E-state index contributed by atoms with van der Waals surface area (Å²) in [6.45, 7) is 4.21. The maximum atomic E-state index is 6.77. The third-order valence-electron chi connectivity index (χ3n) is 25.8. The van der Waals surface area contributed by atoms with Gasteiger partial charge in [0.05, 0.1) is 45.2 Å². The Morgan fingerprint density at radius 2 is 0.435 bits per heavy atom. The summed E-state index contributed by atoms with van der Waals surface area (Å²) in [4.78, 5) is 16.4. The number of para-hydroxylation sites is 10. The SMILES string of the molecule is Cc1ccc(-c2ccc3c(c2)Oc2ccccc2N3c2ccccc2)cc1.Cc1ccc(-c2ccc3c(c2)Oc2ccccc2N3c2ccccc2)cc1.c1ccc(N(c2ccccc2)c2ccc3nc4ccc(N(c5ccccc5)c5ccccc5)cc4cc3c2)cc1.c1ccc2cc(-c3ccc4c(c3)Oc3cc(-c5ccc6ccccc6c5)ccc3N4c3ccc4ccccc4c3)ccc2c1. The Kier molecular flexibility index (Phi) is 22.8. The number of ether oxygens (including phenoxy) is 3. The standard InChI is InChI=1S/C42H27NO.C37H27N3.2C25H19NO/c1-4-10-31-23-34(15-13-28(31)7-1)36-18-21-39-41(26-36)44-42-27-37(35-16-14-29-8-2-5-11-32(29)24-35)19-22-40(42)43(39)38-20-17-30-9-3-6-12-33(30)25-38;1-5-13-30(14-6-1)39(31-15-7-2-8-16-31)34-21-23-36-28(26-34)25-29-27-35(22-24-37(29)38-36)40(32-17-9-3-10-18-32)33-19-11-4-12-20-33;2*1-18-11-13-19(14-12-18)20-15-16-23-25(17-20)27-24-10-6-5-9-22(24)26(23)21-7-3-2-4-8-21/h1-27H;1-27H;2*2-17H,1H3. The second-order valence-corrected chi connectivity index (χ2v) is 34.8. The lowest BCUT2D eigenvalue weighted by atomic mass is 9.98. The lowest BCUT2D eigenvalue weighted by molar-refractivity contribution is 0.477. The molecule has 0 aliphatic carbocycles. The first-order valence-corrected chi connectivity index (χ1v) is 46.7. The third kappa shape index (κ3) is 17.1. The molecule has 0 atom stereocenters. The zero-order valence-corrected chi connectivity index (χ0v) is 76.1. The van der Waals surface area contributed by atoms with E-state index in [2.05, 4.69) is 512 Å². The summed E-state index contributed by atoms with van der Waals surface area (Å²) >= 11 is 0. The van der Waals surface area contributed by atoms with Crippen molar-refractivity contribution in [2.45, 2.75) is 13.8 Å². The molecule has 0 radical (unpaired) electrons. The molecule has 138 heavy (non-hydrogen) atoms. The quantitative estimate of drug-likeness (QED) is 0.105. The second kappa shape index (κ2) is 37.4. The highest BCUT2D eigenvalue weighted by atomic mass is 16.5. The van der Waals surface area contributed by atoms with E-state index in [1.165, 1.54) is 65.7 Å². The number of benzene rings is 22. The van der Waals surface area contributed by atoms with Crippen LogP contribution in [0.15, 0.2) is 522 Å². The molecule has 0 fully saturated rings. The predicted octanol–water partition coefficient (Wildman–Crippen LogP) is 36.9. The highest BCUT2D eigenvalue weighted by Gasteiger charge is 2.31. The fraction of sp³-hybridized carbons (Fsp3) is 0.0155. The Bertz CT molecular complexity index is 7870. The van der Waals surface area contributed by atoms with Gasteiger partial charge in [-0.25, -0.2) is 4.98 Å². The van der Waals surface area contributed by atoms with Crippen molar-refractivity contribution in [1.29, 1.82) is 0 Å². The molecule has 0 saturated carbocycles. The van der Waals surface area contributed by atoms with Crippen LogP contribution >= 0.6 is 0 Å². The number of hydrogen-bond acceptors (Lipinski definition) is 9. The van der Waals surface area contributed by atoms with Gasteiger partial charge in [-0.15, -0.1) is 0 Å². The van der Waals surface area contributed by atoms with E-state index in [4.69, 9.17) is 19.2 Å². The molecule has 0 amide bonds. The van der Waals surface area contributed by atoms with Crippen LogP contribution in [-0.2, 0) is 0 Å². The van der Waals surface area contributed by atoms with E-state index in [-0.39, 0.29) is 0 Å². The number of fused-ring (bicyclic) bond motifs is 11. The van der Waals surface area contributed by atoms with E-state index in [1.54, 1.807) is 0 Å². The van der Waals surface area contributed by atoms with Gasteiger partial charge in [0.2, 0.25) is 0 Å².